The molecule has 9 nitrogen and oxygen atoms in total. The summed E-state index contributed by atoms with van der Waals surface area (Å²) in [5.74, 6) is 1.04. The Labute approximate surface area is 231 Å². The fraction of sp³-hybridized carbons (Fsp3) is 0.571. The Morgan fingerprint density at radius 2 is 2.09 bits per heavy atom. The van der Waals surface area contributed by atoms with Crippen LogP contribution in [0.5, 0.6) is 5.75 Å². The van der Waals surface area contributed by atoms with Crippen LogP contribution in [0.3, 0.4) is 0 Å². The van der Waals surface area contributed by atoms with Crippen LogP contribution in [0.1, 0.15) is 13.3 Å². The van der Waals surface area contributed by atoms with E-state index in [9.17, 15) is 0 Å². The predicted octanol–water partition coefficient (Wildman–Crippen LogP) is 2.16. The molecule has 0 bridgehead atoms. The Morgan fingerprint density at radius 3 is 2.59 bits per heavy atom. The molecule has 0 aromatic heterocycles. The van der Waals surface area contributed by atoms with Crippen LogP contribution in [-0.2, 0) is 53.8 Å². The molecule has 175 valence electrons. The zero-order chi connectivity index (χ0) is 21.6. The molecule has 2 aliphatic heterocycles. The molecule has 5 N–H and O–H groups in total. The van der Waals surface area contributed by atoms with Crippen molar-refractivity contribution < 1.29 is 63.7 Å². The van der Waals surface area contributed by atoms with Crippen LogP contribution >= 0.6 is 0 Å². The van der Waals surface area contributed by atoms with Crippen molar-refractivity contribution in [2.45, 2.75) is 19.4 Å². The van der Waals surface area contributed by atoms with Gasteiger partial charge in [0.1, 0.15) is 11.9 Å². The fourth-order valence-corrected chi connectivity index (χ4v) is 3.30. The summed E-state index contributed by atoms with van der Waals surface area (Å²) >= 11 is 0. The van der Waals surface area contributed by atoms with E-state index in [0.717, 1.165) is 63.8 Å². The van der Waals surface area contributed by atoms with Crippen LogP contribution in [0.25, 0.3) is 16.0 Å². The van der Waals surface area contributed by atoms with E-state index in [0.29, 0.717) is 5.92 Å². The quantitative estimate of drug-likeness (QED) is 0.188. The third-order valence-electron chi connectivity index (χ3n) is 4.86. The summed E-state index contributed by atoms with van der Waals surface area (Å²) in [6, 6.07) is 7.39. The number of likely N-dealkylation sites (tertiary alicyclic amines) is 1. The minimum atomic E-state index is -0.369. The Bertz CT molecular complexity index is 636. The van der Waals surface area contributed by atoms with Crippen LogP contribution in [0.4, 0.5) is 5.69 Å². The number of ether oxygens (including phenoxy) is 1. The molecular formula is C21H34N7O2WY-. The maximum Gasteiger partial charge on any atom is 2.00 e. The molecule has 3 rings (SSSR count). The van der Waals surface area contributed by atoms with E-state index in [4.69, 9.17) is 21.1 Å². The fourth-order valence-electron chi connectivity index (χ4n) is 3.30. The zero-order valence-electron chi connectivity index (χ0n) is 18.7. The van der Waals surface area contributed by atoms with Gasteiger partial charge in [0.05, 0.1) is 0 Å². The van der Waals surface area contributed by atoms with Gasteiger partial charge in [-0.25, -0.2) is 0 Å². The van der Waals surface area contributed by atoms with E-state index in [2.05, 4.69) is 27.8 Å². The molecule has 0 amide bonds. The minimum Gasteiger partial charge on any atom is -0.664 e. The van der Waals surface area contributed by atoms with Gasteiger partial charge in [0.25, 0.3) is 0 Å². The summed E-state index contributed by atoms with van der Waals surface area (Å²) in [7, 11) is 0. The van der Waals surface area contributed by atoms with Crippen molar-refractivity contribution in [2.75, 3.05) is 52.4 Å². The second-order valence-corrected chi connectivity index (χ2v) is 7.44. The molecule has 2 atom stereocenters. The number of nitrogens with zero attached hydrogens (tertiary/aromatic N) is 4. The third-order valence-corrected chi connectivity index (χ3v) is 4.86. The molecule has 2 aliphatic rings. The molecule has 2 saturated heterocycles. The van der Waals surface area contributed by atoms with E-state index >= 15 is 0 Å². The van der Waals surface area contributed by atoms with Gasteiger partial charge in [0, 0.05) is 45.8 Å². The molecule has 1 aromatic carbocycles. The van der Waals surface area contributed by atoms with Crippen LogP contribution in [-0.4, -0.2) is 74.4 Å². The second-order valence-electron chi connectivity index (χ2n) is 7.44. The van der Waals surface area contributed by atoms with Gasteiger partial charge in [0.15, 0.2) is 0 Å². The summed E-state index contributed by atoms with van der Waals surface area (Å²) in [4.78, 5) is 2.40. The molecule has 32 heavy (non-hydrogen) atoms. The molecule has 2 fully saturated rings. The van der Waals surface area contributed by atoms with E-state index in [-0.39, 0.29) is 65.7 Å². The van der Waals surface area contributed by atoms with Gasteiger partial charge in [-0.05, 0) is 63.4 Å². The predicted molar refractivity (Wildman–Crippen MR) is 122 cm³/mol. The summed E-state index contributed by atoms with van der Waals surface area (Å²) < 4.78 is 5.94. The topological polar surface area (TPSA) is 133 Å². The Morgan fingerprint density at radius 1 is 1.41 bits per heavy atom. The first-order valence-corrected chi connectivity index (χ1v) is 10.5. The summed E-state index contributed by atoms with van der Waals surface area (Å²) in [5, 5.41) is 28.9. The monoisotopic (exact) mass is 689 g/mol. The number of hydrogen-bond acceptors (Lipinski definition) is 5. The number of hydroxylamine groups is 1. The van der Waals surface area contributed by atoms with Gasteiger partial charge >= 0.3 is 21.1 Å². The molecule has 2 unspecified atom stereocenters. The van der Waals surface area contributed by atoms with Crippen molar-refractivity contribution in [3.63, 3.8) is 0 Å². The Balaban J connectivity index is 0.00000104. The standard InChI is InChI=1S/C17H25N5O2.C4H9N2.W.Y/c1-13(11-22-9-7-14(10-18)12-22)24-16-4-2-15(3-5-16)20-8-6-17(19)21-23;1-2-6-4-3-5-1;;/h2-6,8,13-14H,7,9-12,18H2,1H3,(H2-,19,21,23);5H,1-4H2;;/q-2;-1;+2;/b8-6-;;;. The number of hydrogen-bond donors (Lipinski definition) is 4. The van der Waals surface area contributed by atoms with Crippen molar-refractivity contribution in [3.05, 3.63) is 52.6 Å². The number of piperazine rings is 1. The van der Waals surface area contributed by atoms with Gasteiger partial charge in [-0.2, -0.15) is 6.20 Å². The summed E-state index contributed by atoms with van der Waals surface area (Å²) in [6.07, 6.45) is 3.91. The van der Waals surface area contributed by atoms with E-state index in [1.807, 2.05) is 24.3 Å². The maximum absolute atomic E-state index is 9.01. The number of benzene rings is 1. The van der Waals surface area contributed by atoms with Crippen molar-refractivity contribution in [1.82, 2.24) is 15.7 Å². The third kappa shape index (κ3) is 13.4. The van der Waals surface area contributed by atoms with E-state index in [1.165, 1.54) is 18.7 Å². The average molecular weight is 689 g/mol. The molecule has 0 spiro atoms. The average Bonchev–Trinajstić information content (AvgIpc) is 3.24. The number of amidine groups is 1. The van der Waals surface area contributed by atoms with Crippen molar-refractivity contribution in [3.8, 4) is 5.75 Å². The Hall–Kier alpha value is -0.378. The van der Waals surface area contributed by atoms with Crippen molar-refractivity contribution >= 4 is 11.5 Å². The second kappa shape index (κ2) is 19.0. The molecular weight excluding hydrogens is 655 g/mol. The minimum absolute atomic E-state index is 0. The van der Waals surface area contributed by atoms with Gasteiger partial charge < -0.3 is 42.5 Å². The van der Waals surface area contributed by atoms with Crippen LogP contribution in [0, 0.1) is 5.92 Å². The normalized spacial score (nSPS) is 19.0. The molecule has 11 heteroatoms. The van der Waals surface area contributed by atoms with Crippen LogP contribution < -0.4 is 21.3 Å². The number of rotatable bonds is 8. The summed E-state index contributed by atoms with van der Waals surface area (Å²) in [6.45, 7) is 10.1. The van der Waals surface area contributed by atoms with Crippen LogP contribution in [0.15, 0.2) is 36.5 Å². The molecule has 0 aliphatic carbocycles. The van der Waals surface area contributed by atoms with Gasteiger partial charge in [-0.15, -0.1) is 18.8 Å². The SMILES string of the molecule is C1CNCC[N-]1.CC(CN1CCC(CN)C1)Oc1ccc([N-]/C=C\C(=[N-])NO)cc1.[W+2].[Y]. The van der Waals surface area contributed by atoms with Gasteiger partial charge in [0.2, 0.25) is 0 Å². The van der Waals surface area contributed by atoms with Gasteiger partial charge in [-0.3, -0.25) is 4.90 Å². The maximum atomic E-state index is 9.01. The molecule has 0 saturated carbocycles. The Kier molecular flexibility index (Phi) is 18.8. The smallest absolute Gasteiger partial charge is 0.664 e. The van der Waals surface area contributed by atoms with Gasteiger partial charge in [-0.1, -0.05) is 18.2 Å². The van der Waals surface area contributed by atoms with Crippen molar-refractivity contribution in [1.29, 1.82) is 0 Å². The van der Waals surface area contributed by atoms with Crippen molar-refractivity contribution in [2.24, 2.45) is 11.7 Å². The number of nitrogens with two attached hydrogens (primary N) is 1. The molecule has 1 aromatic rings. The van der Waals surface area contributed by atoms with E-state index < -0.39 is 0 Å². The molecule has 2 heterocycles. The largest absolute Gasteiger partial charge is 2.00 e. The summed E-state index contributed by atoms with van der Waals surface area (Å²) in [5.41, 5.74) is 8.06. The van der Waals surface area contributed by atoms with Crippen LogP contribution in [0.2, 0.25) is 0 Å². The van der Waals surface area contributed by atoms with E-state index in [1.54, 1.807) is 5.48 Å². The number of nitrogens with one attached hydrogen (secondary N) is 2. The first kappa shape index (κ1) is 31.6. The molecule has 1 radical (unpaired) electrons. The first-order chi connectivity index (χ1) is 14.6. The first-order valence-electron chi connectivity index (χ1n) is 10.5. The zero-order valence-corrected chi connectivity index (χ0v) is 24.5.